The molecular weight excluding hydrogens is 447 g/mol. The molecule has 0 unspecified atom stereocenters. The van der Waals surface area contributed by atoms with Crippen molar-refractivity contribution in [3.8, 4) is 0 Å². The predicted octanol–water partition coefficient (Wildman–Crippen LogP) is 4.74. The summed E-state index contributed by atoms with van der Waals surface area (Å²) in [5, 5.41) is 0.770. The summed E-state index contributed by atoms with van der Waals surface area (Å²) in [4.78, 5) is 30.0. The van der Waals surface area contributed by atoms with Crippen LogP contribution in [-0.4, -0.2) is 22.1 Å². The minimum Gasteiger partial charge on any atom is -0.462 e. The number of thiophene rings is 1. The molecule has 0 aliphatic heterocycles. The number of nitrogens with zero attached hydrogens (tertiary/aromatic N) is 2. The van der Waals surface area contributed by atoms with Crippen molar-refractivity contribution in [2.75, 3.05) is 6.61 Å². The van der Waals surface area contributed by atoms with Gasteiger partial charge in [-0.05, 0) is 37.3 Å². The van der Waals surface area contributed by atoms with Crippen molar-refractivity contribution in [2.24, 2.45) is 0 Å². The van der Waals surface area contributed by atoms with Gasteiger partial charge in [-0.25, -0.2) is 14.2 Å². The molecule has 28 heavy (non-hydrogen) atoms. The van der Waals surface area contributed by atoms with Gasteiger partial charge in [0.05, 0.1) is 30.4 Å². The van der Waals surface area contributed by atoms with E-state index in [0.717, 1.165) is 15.8 Å². The van der Waals surface area contributed by atoms with Gasteiger partial charge in [-0.15, -0.1) is 11.3 Å². The number of rotatable bonds is 4. The number of fused-ring (bicyclic) bond motifs is 2. The molecule has 142 valence electrons. The van der Waals surface area contributed by atoms with E-state index < -0.39 is 11.8 Å². The summed E-state index contributed by atoms with van der Waals surface area (Å²) in [6.07, 6.45) is 1.41. The first-order valence-electron chi connectivity index (χ1n) is 8.51. The quantitative estimate of drug-likeness (QED) is 0.412. The highest BCUT2D eigenvalue weighted by Crippen LogP contribution is 2.34. The molecule has 4 aromatic rings. The van der Waals surface area contributed by atoms with Crippen molar-refractivity contribution < 1.29 is 13.9 Å². The predicted molar refractivity (Wildman–Crippen MR) is 111 cm³/mol. The van der Waals surface area contributed by atoms with Gasteiger partial charge in [-0.2, -0.15) is 0 Å². The molecule has 4 rings (SSSR count). The number of hydrogen-bond acceptors (Lipinski definition) is 5. The van der Waals surface area contributed by atoms with Gasteiger partial charge in [0.1, 0.15) is 10.7 Å². The largest absolute Gasteiger partial charge is 0.462 e. The summed E-state index contributed by atoms with van der Waals surface area (Å²) >= 11 is 4.52. The Morgan fingerprint density at radius 2 is 2.14 bits per heavy atom. The van der Waals surface area contributed by atoms with Crippen molar-refractivity contribution in [1.82, 2.24) is 9.55 Å². The number of esters is 1. The molecule has 0 saturated carbocycles. The van der Waals surface area contributed by atoms with Crippen LogP contribution in [0.2, 0.25) is 0 Å². The van der Waals surface area contributed by atoms with E-state index in [-0.39, 0.29) is 18.7 Å². The van der Waals surface area contributed by atoms with Gasteiger partial charge in [-0.1, -0.05) is 22.0 Å². The van der Waals surface area contributed by atoms with Gasteiger partial charge in [-0.3, -0.25) is 9.36 Å². The molecule has 0 spiro atoms. The maximum atomic E-state index is 14.6. The number of ether oxygens (including phenoxy) is 1. The number of benzene rings is 2. The monoisotopic (exact) mass is 460 g/mol. The molecule has 2 aromatic heterocycles. The Bertz CT molecular complexity index is 1280. The third kappa shape index (κ3) is 3.22. The van der Waals surface area contributed by atoms with Crippen molar-refractivity contribution >= 4 is 54.2 Å². The van der Waals surface area contributed by atoms with E-state index in [2.05, 4.69) is 20.9 Å². The van der Waals surface area contributed by atoms with E-state index >= 15 is 0 Å². The average Bonchev–Trinajstić information content (AvgIpc) is 3.04. The van der Waals surface area contributed by atoms with Crippen LogP contribution in [0.4, 0.5) is 4.39 Å². The van der Waals surface area contributed by atoms with Gasteiger partial charge < -0.3 is 4.74 Å². The zero-order chi connectivity index (χ0) is 19.8. The summed E-state index contributed by atoms with van der Waals surface area (Å²) in [6.45, 7) is 1.94. The minimum atomic E-state index is -0.525. The second-order valence-electron chi connectivity index (χ2n) is 6.08. The third-order valence-electron chi connectivity index (χ3n) is 4.34. The fourth-order valence-corrected chi connectivity index (χ4v) is 4.58. The molecule has 0 atom stereocenters. The summed E-state index contributed by atoms with van der Waals surface area (Å²) < 4.78 is 22.5. The van der Waals surface area contributed by atoms with Gasteiger partial charge in [0.15, 0.2) is 0 Å². The van der Waals surface area contributed by atoms with E-state index in [1.807, 2.05) is 0 Å². The Kier molecular flexibility index (Phi) is 4.99. The Morgan fingerprint density at radius 1 is 1.32 bits per heavy atom. The molecule has 0 aliphatic carbocycles. The molecule has 0 aliphatic rings. The van der Waals surface area contributed by atoms with Crippen LogP contribution in [0.25, 0.3) is 21.0 Å². The molecule has 0 N–H and O–H groups in total. The lowest BCUT2D eigenvalue weighted by Gasteiger charge is -2.09. The maximum Gasteiger partial charge on any atom is 0.348 e. The molecule has 0 radical (unpaired) electrons. The van der Waals surface area contributed by atoms with Gasteiger partial charge in [0.2, 0.25) is 0 Å². The fraction of sp³-hybridized carbons (Fsp3) is 0.150. The number of halogens is 2. The molecule has 5 nitrogen and oxygen atoms in total. The summed E-state index contributed by atoms with van der Waals surface area (Å²) in [5.74, 6) is -0.966. The third-order valence-corrected chi connectivity index (χ3v) is 6.01. The molecule has 0 amide bonds. The highest BCUT2D eigenvalue weighted by atomic mass is 79.9. The summed E-state index contributed by atoms with van der Waals surface area (Å²) in [6, 6.07) is 9.92. The standard InChI is InChI=1S/C20H14BrFN2O3S/c1-2-27-20(26)18-13(17-14(22)4-3-5-16(17)28-18)9-24-10-23-15-7-6-11(21)8-12(15)19(24)25/h3-8,10H,2,9H2,1H3. The highest BCUT2D eigenvalue weighted by molar-refractivity contribution is 9.10. The lowest BCUT2D eigenvalue weighted by Crippen LogP contribution is -2.22. The number of aromatic nitrogens is 2. The second kappa shape index (κ2) is 7.44. The van der Waals surface area contributed by atoms with Crippen LogP contribution in [0.1, 0.15) is 22.2 Å². The Morgan fingerprint density at radius 3 is 2.93 bits per heavy atom. The number of carbonyl (C=O) groups is 1. The topological polar surface area (TPSA) is 61.2 Å². The van der Waals surface area contributed by atoms with Crippen LogP contribution < -0.4 is 5.56 Å². The van der Waals surface area contributed by atoms with Crippen molar-refractivity contribution in [1.29, 1.82) is 0 Å². The van der Waals surface area contributed by atoms with E-state index in [9.17, 15) is 14.0 Å². The van der Waals surface area contributed by atoms with Crippen LogP contribution in [0.15, 0.2) is 52.0 Å². The maximum absolute atomic E-state index is 14.6. The molecule has 0 fully saturated rings. The van der Waals surface area contributed by atoms with Crippen LogP contribution in [0, 0.1) is 5.82 Å². The first-order valence-corrected chi connectivity index (χ1v) is 10.1. The molecule has 0 bridgehead atoms. The first-order chi connectivity index (χ1) is 13.5. The molecule has 2 heterocycles. The molecule has 0 saturated heterocycles. The SMILES string of the molecule is CCOC(=O)c1sc2cccc(F)c2c1Cn1cnc2ccc(Br)cc2c1=O. The van der Waals surface area contributed by atoms with Crippen LogP contribution >= 0.6 is 27.3 Å². The van der Waals surface area contributed by atoms with Gasteiger partial charge in [0.25, 0.3) is 5.56 Å². The van der Waals surface area contributed by atoms with Crippen LogP contribution in [-0.2, 0) is 11.3 Å². The van der Waals surface area contributed by atoms with Crippen LogP contribution in [0.3, 0.4) is 0 Å². The summed E-state index contributed by atoms with van der Waals surface area (Å²) in [7, 11) is 0. The zero-order valence-corrected chi connectivity index (χ0v) is 17.1. The second-order valence-corrected chi connectivity index (χ2v) is 8.05. The zero-order valence-electron chi connectivity index (χ0n) is 14.7. The van der Waals surface area contributed by atoms with E-state index in [1.54, 1.807) is 37.3 Å². The Hall–Kier alpha value is -2.58. The van der Waals surface area contributed by atoms with Crippen molar-refractivity contribution in [3.63, 3.8) is 0 Å². The molecular formula is C20H14BrFN2O3S. The average molecular weight is 461 g/mol. The van der Waals surface area contributed by atoms with Crippen molar-refractivity contribution in [2.45, 2.75) is 13.5 Å². The number of hydrogen-bond donors (Lipinski definition) is 0. The van der Waals surface area contributed by atoms with Gasteiger partial charge >= 0.3 is 5.97 Å². The number of carbonyl (C=O) groups excluding carboxylic acids is 1. The Labute approximate surface area is 171 Å². The molecule has 2 aromatic carbocycles. The first kappa shape index (κ1) is 18.8. The normalized spacial score (nSPS) is 11.2. The molecule has 8 heteroatoms. The van der Waals surface area contributed by atoms with E-state index in [0.29, 0.717) is 31.4 Å². The fourth-order valence-electron chi connectivity index (χ4n) is 3.09. The lowest BCUT2D eigenvalue weighted by atomic mass is 10.1. The smallest absolute Gasteiger partial charge is 0.348 e. The van der Waals surface area contributed by atoms with E-state index in [1.165, 1.54) is 17.0 Å². The Balaban J connectivity index is 1.91. The lowest BCUT2D eigenvalue weighted by molar-refractivity contribution is 0.0531. The highest BCUT2D eigenvalue weighted by Gasteiger charge is 2.22. The van der Waals surface area contributed by atoms with E-state index in [4.69, 9.17) is 4.74 Å². The van der Waals surface area contributed by atoms with Crippen LogP contribution in [0.5, 0.6) is 0 Å². The minimum absolute atomic E-state index is 0.0172. The van der Waals surface area contributed by atoms with Gasteiger partial charge in [0, 0.05) is 20.1 Å². The summed E-state index contributed by atoms with van der Waals surface area (Å²) in [5.41, 5.74) is 0.725. The van der Waals surface area contributed by atoms with Crippen molar-refractivity contribution in [3.05, 3.63) is 73.8 Å².